The molecule has 1 amide bonds. The van der Waals surface area contributed by atoms with Crippen molar-refractivity contribution in [2.75, 3.05) is 37.2 Å². The van der Waals surface area contributed by atoms with Gasteiger partial charge in [-0.1, -0.05) is 45.5 Å². The maximum absolute atomic E-state index is 14.0. The molecule has 0 saturated carbocycles. The molecule has 232 valence electrons. The third-order valence-electron chi connectivity index (χ3n) is 6.74. The van der Waals surface area contributed by atoms with Crippen LogP contribution in [0.5, 0.6) is 17.2 Å². The molecule has 1 aromatic heterocycles. The fourth-order valence-corrected chi connectivity index (χ4v) is 7.52. The minimum Gasteiger partial charge on any atom is -0.493 e. The van der Waals surface area contributed by atoms with Crippen LogP contribution in [0, 0.1) is 0 Å². The maximum Gasteiger partial charge on any atom is 0.280 e. The first kappa shape index (κ1) is 31.9. The van der Waals surface area contributed by atoms with Crippen LogP contribution in [0.3, 0.4) is 0 Å². The van der Waals surface area contributed by atoms with Crippen molar-refractivity contribution in [1.29, 1.82) is 0 Å². The second kappa shape index (κ2) is 13.7. The number of carbonyl (C=O) groups is 1. The highest BCUT2D eigenvalue weighted by Crippen LogP contribution is 2.38. The van der Waals surface area contributed by atoms with E-state index >= 15 is 0 Å². The summed E-state index contributed by atoms with van der Waals surface area (Å²) in [6.07, 6.45) is 1.49. The predicted molar refractivity (Wildman–Crippen MR) is 181 cm³/mol. The number of hydrazone groups is 1. The third kappa shape index (κ3) is 6.65. The number of carbonyl (C=O) groups excluding carboxylic acids is 1. The molecule has 45 heavy (non-hydrogen) atoms. The van der Waals surface area contributed by atoms with Crippen LogP contribution in [0.25, 0.3) is 10.2 Å². The Morgan fingerprint density at radius 2 is 1.60 bits per heavy atom. The number of anilines is 2. The molecule has 0 aliphatic carbocycles. The molecule has 0 saturated heterocycles. The van der Waals surface area contributed by atoms with Gasteiger partial charge in [-0.15, -0.1) is 0 Å². The number of thiazole rings is 1. The van der Waals surface area contributed by atoms with Crippen LogP contribution in [0.2, 0.25) is 0 Å². The van der Waals surface area contributed by atoms with Gasteiger partial charge >= 0.3 is 0 Å². The van der Waals surface area contributed by atoms with E-state index < -0.39 is 15.9 Å². The molecule has 0 aliphatic heterocycles. The van der Waals surface area contributed by atoms with Gasteiger partial charge in [-0.05, 0) is 73.7 Å². The molecule has 0 N–H and O–H groups in total. The van der Waals surface area contributed by atoms with Gasteiger partial charge in [0, 0.05) is 22.1 Å². The summed E-state index contributed by atoms with van der Waals surface area (Å²) in [7, 11) is 0.658. The SMILES string of the molecule is CCN(c1ccccc1)S(=O)(=O)c1ccc(C(=O)N(/N=C/c2cc(OC)c(OC)c(OC)c2)c2nc3ccc(Br)cc3s2)cc1. The van der Waals surface area contributed by atoms with Crippen LogP contribution in [-0.2, 0) is 10.0 Å². The molecule has 10 nitrogen and oxygen atoms in total. The molecule has 0 radical (unpaired) electrons. The monoisotopic (exact) mass is 708 g/mol. The van der Waals surface area contributed by atoms with Crippen molar-refractivity contribution in [2.45, 2.75) is 11.8 Å². The van der Waals surface area contributed by atoms with Crippen LogP contribution in [0.4, 0.5) is 10.8 Å². The third-order valence-corrected chi connectivity index (χ3v) is 10.1. The van der Waals surface area contributed by atoms with Crippen molar-refractivity contribution < 1.29 is 27.4 Å². The van der Waals surface area contributed by atoms with E-state index in [4.69, 9.17) is 14.2 Å². The molecule has 5 aromatic rings. The van der Waals surface area contributed by atoms with Crippen molar-refractivity contribution >= 4 is 70.4 Å². The van der Waals surface area contributed by atoms with Crippen LogP contribution < -0.4 is 23.5 Å². The lowest BCUT2D eigenvalue weighted by atomic mass is 10.2. The van der Waals surface area contributed by atoms with Gasteiger partial charge in [0.2, 0.25) is 10.9 Å². The van der Waals surface area contributed by atoms with Crippen molar-refractivity contribution in [3.63, 3.8) is 0 Å². The Kier molecular flexibility index (Phi) is 9.71. The minimum atomic E-state index is -3.88. The number of methoxy groups -OCH3 is 3. The summed E-state index contributed by atoms with van der Waals surface area (Å²) in [4.78, 5) is 18.7. The molecule has 0 spiro atoms. The predicted octanol–water partition coefficient (Wildman–Crippen LogP) is 6.98. The van der Waals surface area contributed by atoms with Crippen molar-refractivity contribution in [1.82, 2.24) is 4.98 Å². The molecule has 5 rings (SSSR count). The van der Waals surface area contributed by atoms with Gasteiger partial charge in [0.25, 0.3) is 15.9 Å². The lowest BCUT2D eigenvalue weighted by Crippen LogP contribution is -2.31. The average molecular weight is 710 g/mol. The zero-order valence-corrected chi connectivity index (χ0v) is 28.0. The van der Waals surface area contributed by atoms with E-state index in [-0.39, 0.29) is 17.0 Å². The molecule has 0 fully saturated rings. The zero-order chi connectivity index (χ0) is 32.1. The number of aromatic nitrogens is 1. The topological polar surface area (TPSA) is 111 Å². The van der Waals surface area contributed by atoms with Crippen LogP contribution in [-0.4, -0.2) is 53.4 Å². The molecular weight excluding hydrogens is 680 g/mol. The van der Waals surface area contributed by atoms with Gasteiger partial charge in [-0.2, -0.15) is 10.1 Å². The van der Waals surface area contributed by atoms with Crippen LogP contribution in [0.15, 0.2) is 99.4 Å². The Hall–Kier alpha value is -4.46. The van der Waals surface area contributed by atoms with Gasteiger partial charge in [-0.25, -0.2) is 13.4 Å². The Bertz CT molecular complexity index is 1940. The summed E-state index contributed by atoms with van der Waals surface area (Å²) >= 11 is 4.77. The summed E-state index contributed by atoms with van der Waals surface area (Å²) in [6.45, 7) is 2.01. The molecule has 0 aliphatic rings. The number of ether oxygens (including phenoxy) is 3. The van der Waals surface area contributed by atoms with Gasteiger partial charge in [-0.3, -0.25) is 9.10 Å². The average Bonchev–Trinajstić information content (AvgIpc) is 3.47. The van der Waals surface area contributed by atoms with E-state index in [0.29, 0.717) is 39.1 Å². The maximum atomic E-state index is 14.0. The van der Waals surface area contributed by atoms with E-state index in [0.717, 1.165) is 9.17 Å². The standard InChI is InChI=1S/C32H29BrN4O6S2/c1-5-36(24-9-7-6-8-10-24)45(39,40)25-14-11-22(12-15-25)31(38)37(32-35-26-16-13-23(33)19-29(26)44-32)34-20-21-17-27(41-2)30(43-4)28(18-21)42-3/h6-20H,5H2,1-4H3/b34-20+. The fraction of sp³-hybridized carbons (Fsp3) is 0.156. The molecule has 0 atom stereocenters. The molecule has 4 aromatic carbocycles. The highest BCUT2D eigenvalue weighted by atomic mass is 79.9. The van der Waals surface area contributed by atoms with Crippen LogP contribution >= 0.6 is 27.3 Å². The molecule has 1 heterocycles. The second-order valence-corrected chi connectivity index (χ2v) is 13.2. The number of para-hydroxylation sites is 1. The largest absolute Gasteiger partial charge is 0.493 e. The van der Waals surface area contributed by atoms with E-state index in [1.54, 1.807) is 43.3 Å². The van der Waals surface area contributed by atoms with E-state index in [1.165, 1.54) is 72.5 Å². The summed E-state index contributed by atoms with van der Waals surface area (Å²) < 4.78 is 46.4. The Morgan fingerprint density at radius 3 is 2.20 bits per heavy atom. The van der Waals surface area contributed by atoms with Gasteiger partial charge in [0.05, 0.1) is 48.3 Å². The second-order valence-electron chi connectivity index (χ2n) is 9.46. The first-order chi connectivity index (χ1) is 21.7. The highest BCUT2D eigenvalue weighted by molar-refractivity contribution is 9.10. The van der Waals surface area contributed by atoms with Crippen LogP contribution in [0.1, 0.15) is 22.8 Å². The zero-order valence-electron chi connectivity index (χ0n) is 24.8. The summed E-state index contributed by atoms with van der Waals surface area (Å²) in [6, 6.07) is 23.7. The molecular formula is C32H29BrN4O6S2. The number of hydrogen-bond acceptors (Lipinski definition) is 9. The smallest absolute Gasteiger partial charge is 0.280 e. The van der Waals surface area contributed by atoms with Gasteiger partial charge < -0.3 is 14.2 Å². The Balaban J connectivity index is 1.52. The number of benzene rings is 4. The van der Waals surface area contributed by atoms with E-state index in [2.05, 4.69) is 26.0 Å². The van der Waals surface area contributed by atoms with Gasteiger partial charge in [0.1, 0.15) is 0 Å². The van der Waals surface area contributed by atoms with E-state index in [9.17, 15) is 13.2 Å². The molecule has 0 bridgehead atoms. The summed E-state index contributed by atoms with van der Waals surface area (Å²) in [5.41, 5.74) is 2.04. The Morgan fingerprint density at radius 1 is 0.933 bits per heavy atom. The first-order valence-corrected chi connectivity index (χ1v) is 16.7. The molecule has 13 heteroatoms. The normalized spacial score (nSPS) is 11.5. The lowest BCUT2D eigenvalue weighted by Gasteiger charge is -2.23. The molecule has 0 unspecified atom stereocenters. The number of amides is 1. The van der Waals surface area contributed by atoms with E-state index in [1.807, 2.05) is 24.3 Å². The quantitative estimate of drug-likeness (QED) is 0.108. The van der Waals surface area contributed by atoms with Crippen molar-refractivity contribution in [2.24, 2.45) is 5.10 Å². The summed E-state index contributed by atoms with van der Waals surface area (Å²) in [5.74, 6) is 0.769. The number of sulfonamides is 1. The number of rotatable bonds is 11. The first-order valence-electron chi connectivity index (χ1n) is 13.6. The van der Waals surface area contributed by atoms with Gasteiger partial charge in [0.15, 0.2) is 11.5 Å². The number of hydrogen-bond donors (Lipinski definition) is 0. The Labute approximate surface area is 273 Å². The number of fused-ring (bicyclic) bond motifs is 1. The number of halogens is 1. The summed E-state index contributed by atoms with van der Waals surface area (Å²) in [5, 5.41) is 6.05. The number of nitrogens with zero attached hydrogens (tertiary/aromatic N) is 4. The van der Waals surface area contributed by atoms with Crippen molar-refractivity contribution in [3.8, 4) is 17.2 Å². The highest BCUT2D eigenvalue weighted by Gasteiger charge is 2.26. The minimum absolute atomic E-state index is 0.0575. The fourth-order valence-electron chi connectivity index (χ4n) is 4.57. The lowest BCUT2D eigenvalue weighted by molar-refractivity contribution is 0.0987. The van der Waals surface area contributed by atoms with Crippen molar-refractivity contribution in [3.05, 3.63) is 101 Å².